The van der Waals surface area contributed by atoms with Gasteiger partial charge in [0.25, 0.3) is 0 Å². The van der Waals surface area contributed by atoms with E-state index in [2.05, 4.69) is 9.72 Å². The van der Waals surface area contributed by atoms with Crippen LogP contribution in [0.3, 0.4) is 0 Å². The van der Waals surface area contributed by atoms with E-state index in [-0.39, 0.29) is 12.4 Å². The number of nitrogens with zero attached hydrogens (tertiary/aromatic N) is 1. The van der Waals surface area contributed by atoms with Gasteiger partial charge in [0.15, 0.2) is 0 Å². The monoisotopic (exact) mass is 235 g/mol. The number of esters is 1. The molecule has 1 aliphatic heterocycles. The van der Waals surface area contributed by atoms with E-state index in [1.807, 2.05) is 12.1 Å². The van der Waals surface area contributed by atoms with Crippen molar-refractivity contribution >= 4 is 5.97 Å². The molecule has 0 spiro atoms. The second-order valence-electron chi connectivity index (χ2n) is 4.22. The molecule has 2 rings (SSSR count). The lowest BCUT2D eigenvalue weighted by atomic mass is 9.92. The van der Waals surface area contributed by atoms with Gasteiger partial charge in [0, 0.05) is 19.4 Å². The van der Waals surface area contributed by atoms with Crippen LogP contribution < -0.4 is 0 Å². The maximum Gasteiger partial charge on any atom is 0.311 e. The summed E-state index contributed by atoms with van der Waals surface area (Å²) in [4.78, 5) is 15.4. The average Bonchev–Trinajstić information content (AvgIpc) is 2.40. The second-order valence-corrected chi connectivity index (χ2v) is 4.22. The summed E-state index contributed by atoms with van der Waals surface area (Å²) >= 11 is 0. The SMILES string of the molecule is COC(=O)Cc1cc(C2CCOCC2)ccn1. The van der Waals surface area contributed by atoms with E-state index in [4.69, 9.17) is 4.74 Å². The minimum Gasteiger partial charge on any atom is -0.469 e. The molecule has 0 amide bonds. The van der Waals surface area contributed by atoms with Gasteiger partial charge in [-0.1, -0.05) is 0 Å². The van der Waals surface area contributed by atoms with Crippen LogP contribution in [0.5, 0.6) is 0 Å². The molecule has 1 aromatic rings. The molecule has 1 aromatic heterocycles. The molecule has 0 N–H and O–H groups in total. The van der Waals surface area contributed by atoms with Gasteiger partial charge in [0.1, 0.15) is 0 Å². The number of aromatic nitrogens is 1. The van der Waals surface area contributed by atoms with Crippen molar-refractivity contribution in [1.82, 2.24) is 4.98 Å². The summed E-state index contributed by atoms with van der Waals surface area (Å²) in [5.41, 5.74) is 2.03. The van der Waals surface area contributed by atoms with Gasteiger partial charge in [-0.2, -0.15) is 0 Å². The third-order valence-corrected chi connectivity index (χ3v) is 3.09. The molecule has 1 fully saturated rings. The number of pyridine rings is 1. The van der Waals surface area contributed by atoms with Crippen molar-refractivity contribution in [3.63, 3.8) is 0 Å². The maximum atomic E-state index is 11.2. The molecule has 0 unspecified atom stereocenters. The van der Waals surface area contributed by atoms with E-state index < -0.39 is 0 Å². The number of methoxy groups -OCH3 is 1. The Kier molecular flexibility index (Phi) is 4.09. The molecule has 4 heteroatoms. The minimum absolute atomic E-state index is 0.244. The van der Waals surface area contributed by atoms with E-state index in [1.54, 1.807) is 6.20 Å². The van der Waals surface area contributed by atoms with Gasteiger partial charge >= 0.3 is 5.97 Å². The predicted octanol–water partition coefficient (Wildman–Crippen LogP) is 1.69. The van der Waals surface area contributed by atoms with Gasteiger partial charge in [-0.3, -0.25) is 9.78 Å². The van der Waals surface area contributed by atoms with Crippen LogP contribution in [0.25, 0.3) is 0 Å². The first kappa shape index (κ1) is 12.0. The fraction of sp³-hybridized carbons (Fsp3) is 0.538. The Morgan fingerprint density at radius 3 is 3.00 bits per heavy atom. The standard InChI is InChI=1S/C13H17NO3/c1-16-13(15)9-12-8-11(2-5-14-12)10-3-6-17-7-4-10/h2,5,8,10H,3-4,6-7,9H2,1H3. The van der Waals surface area contributed by atoms with Crippen LogP contribution in [0.1, 0.15) is 30.0 Å². The lowest BCUT2D eigenvalue weighted by Gasteiger charge is -2.22. The molecule has 0 aromatic carbocycles. The van der Waals surface area contributed by atoms with Crippen LogP contribution in [0.15, 0.2) is 18.3 Å². The molecule has 0 saturated carbocycles. The topological polar surface area (TPSA) is 48.4 Å². The Balaban J connectivity index is 2.07. The van der Waals surface area contributed by atoms with Crippen LogP contribution in [0, 0.1) is 0 Å². The van der Waals surface area contributed by atoms with E-state index in [1.165, 1.54) is 12.7 Å². The third kappa shape index (κ3) is 3.27. The predicted molar refractivity (Wildman–Crippen MR) is 62.8 cm³/mol. The van der Waals surface area contributed by atoms with Crippen molar-refractivity contribution in [2.75, 3.05) is 20.3 Å². The van der Waals surface area contributed by atoms with Gasteiger partial charge in [0.05, 0.1) is 19.2 Å². The summed E-state index contributed by atoms with van der Waals surface area (Å²) < 4.78 is 9.98. The van der Waals surface area contributed by atoms with Gasteiger partial charge < -0.3 is 9.47 Å². The molecular weight excluding hydrogens is 218 g/mol. The van der Waals surface area contributed by atoms with Crippen molar-refractivity contribution in [3.8, 4) is 0 Å². The van der Waals surface area contributed by atoms with E-state index in [0.717, 1.165) is 31.7 Å². The summed E-state index contributed by atoms with van der Waals surface area (Å²) in [6, 6.07) is 4.03. The summed E-state index contributed by atoms with van der Waals surface area (Å²) in [7, 11) is 1.39. The van der Waals surface area contributed by atoms with E-state index in [9.17, 15) is 4.79 Å². The van der Waals surface area contributed by atoms with Crippen molar-refractivity contribution in [2.45, 2.75) is 25.2 Å². The molecule has 4 nitrogen and oxygen atoms in total. The van der Waals surface area contributed by atoms with Gasteiger partial charge in [-0.05, 0) is 36.5 Å². The third-order valence-electron chi connectivity index (χ3n) is 3.09. The number of ether oxygens (including phenoxy) is 2. The number of hydrogen-bond donors (Lipinski definition) is 0. The van der Waals surface area contributed by atoms with Crippen LogP contribution in [0.2, 0.25) is 0 Å². The molecule has 92 valence electrons. The summed E-state index contributed by atoms with van der Waals surface area (Å²) in [5.74, 6) is 0.282. The van der Waals surface area contributed by atoms with E-state index >= 15 is 0 Å². The lowest BCUT2D eigenvalue weighted by Crippen LogP contribution is -2.14. The summed E-state index contributed by atoms with van der Waals surface area (Å²) in [6.45, 7) is 1.64. The van der Waals surface area contributed by atoms with Crippen molar-refractivity contribution < 1.29 is 14.3 Å². The lowest BCUT2D eigenvalue weighted by molar-refractivity contribution is -0.139. The van der Waals surface area contributed by atoms with Gasteiger partial charge in [0.2, 0.25) is 0 Å². The van der Waals surface area contributed by atoms with Crippen LogP contribution in [-0.4, -0.2) is 31.3 Å². The smallest absolute Gasteiger partial charge is 0.311 e. The first-order chi connectivity index (χ1) is 8.29. The summed E-state index contributed by atoms with van der Waals surface area (Å²) in [6.07, 6.45) is 4.10. The Bertz CT molecular complexity index is 386. The number of rotatable bonds is 3. The fourth-order valence-corrected chi connectivity index (χ4v) is 2.10. The normalized spacial score (nSPS) is 16.8. The Morgan fingerprint density at radius 1 is 1.53 bits per heavy atom. The Labute approximate surface area is 101 Å². The highest BCUT2D eigenvalue weighted by molar-refractivity contribution is 5.71. The van der Waals surface area contributed by atoms with E-state index in [0.29, 0.717) is 5.92 Å². The molecule has 0 aliphatic carbocycles. The highest BCUT2D eigenvalue weighted by Crippen LogP contribution is 2.26. The molecule has 1 aliphatic rings. The van der Waals surface area contributed by atoms with Crippen LogP contribution in [0.4, 0.5) is 0 Å². The molecular formula is C13H17NO3. The molecule has 0 radical (unpaired) electrons. The maximum absolute atomic E-state index is 11.2. The molecule has 0 atom stereocenters. The number of carbonyl (C=O) groups excluding carboxylic acids is 1. The highest BCUT2D eigenvalue weighted by atomic mass is 16.5. The molecule has 17 heavy (non-hydrogen) atoms. The number of carbonyl (C=O) groups is 1. The summed E-state index contributed by atoms with van der Waals surface area (Å²) in [5, 5.41) is 0. The average molecular weight is 235 g/mol. The minimum atomic E-state index is -0.248. The van der Waals surface area contributed by atoms with Crippen molar-refractivity contribution in [2.24, 2.45) is 0 Å². The van der Waals surface area contributed by atoms with Crippen LogP contribution >= 0.6 is 0 Å². The molecule has 1 saturated heterocycles. The molecule has 0 bridgehead atoms. The second kappa shape index (κ2) is 5.77. The van der Waals surface area contributed by atoms with Crippen molar-refractivity contribution in [3.05, 3.63) is 29.6 Å². The quantitative estimate of drug-likeness (QED) is 0.748. The fourth-order valence-electron chi connectivity index (χ4n) is 2.10. The first-order valence-corrected chi connectivity index (χ1v) is 5.89. The number of hydrogen-bond acceptors (Lipinski definition) is 4. The molecule has 2 heterocycles. The largest absolute Gasteiger partial charge is 0.469 e. The first-order valence-electron chi connectivity index (χ1n) is 5.89. The Morgan fingerprint density at radius 2 is 2.29 bits per heavy atom. The zero-order valence-corrected chi connectivity index (χ0v) is 10.0. The van der Waals surface area contributed by atoms with Gasteiger partial charge in [-0.15, -0.1) is 0 Å². The van der Waals surface area contributed by atoms with Crippen LogP contribution in [-0.2, 0) is 20.7 Å². The zero-order chi connectivity index (χ0) is 12.1. The highest BCUT2D eigenvalue weighted by Gasteiger charge is 2.16. The van der Waals surface area contributed by atoms with Gasteiger partial charge in [-0.25, -0.2) is 0 Å². The van der Waals surface area contributed by atoms with Crippen molar-refractivity contribution in [1.29, 1.82) is 0 Å². The Hall–Kier alpha value is -1.42. The zero-order valence-electron chi connectivity index (χ0n) is 10.0.